The highest BCUT2D eigenvalue weighted by molar-refractivity contribution is 5.94. The zero-order valence-electron chi connectivity index (χ0n) is 18.0. The van der Waals surface area contributed by atoms with Gasteiger partial charge in [-0.1, -0.05) is 6.92 Å². The lowest BCUT2D eigenvalue weighted by Gasteiger charge is -2.30. The predicted octanol–water partition coefficient (Wildman–Crippen LogP) is 4.57. The Morgan fingerprint density at radius 1 is 1.03 bits per heavy atom. The summed E-state index contributed by atoms with van der Waals surface area (Å²) in [6.07, 6.45) is 1.96. The molecule has 0 spiro atoms. The van der Waals surface area contributed by atoms with Crippen LogP contribution in [0.2, 0.25) is 0 Å². The lowest BCUT2D eigenvalue weighted by molar-refractivity contribution is 0.0688. The van der Waals surface area contributed by atoms with Crippen LogP contribution in [0.3, 0.4) is 0 Å². The number of aromatic nitrogens is 2. The summed E-state index contributed by atoms with van der Waals surface area (Å²) in [4.78, 5) is 15.3. The van der Waals surface area contributed by atoms with Crippen LogP contribution in [0.25, 0.3) is 16.9 Å². The number of rotatable bonds is 5. The lowest BCUT2D eigenvalue weighted by atomic mass is 9.99. The van der Waals surface area contributed by atoms with Gasteiger partial charge in [0, 0.05) is 24.7 Å². The fraction of sp³-hybridized carbons (Fsp3) is 0.333. The number of carbonyl (C=O) groups excluding carboxylic acids is 1. The largest absolute Gasteiger partial charge is 0.497 e. The van der Waals surface area contributed by atoms with Gasteiger partial charge in [-0.3, -0.25) is 4.79 Å². The third kappa shape index (κ3) is 4.26. The van der Waals surface area contributed by atoms with Gasteiger partial charge in [-0.15, -0.1) is 0 Å². The molecule has 0 N–H and O–H groups in total. The van der Waals surface area contributed by atoms with Crippen LogP contribution in [0.5, 0.6) is 11.5 Å². The van der Waals surface area contributed by atoms with E-state index in [1.807, 2.05) is 17.0 Å². The second kappa shape index (κ2) is 8.79. The molecular weight excluding hydrogens is 397 g/mol. The Morgan fingerprint density at radius 3 is 2.39 bits per heavy atom. The average Bonchev–Trinajstić information content (AvgIpc) is 3.24. The Morgan fingerprint density at radius 2 is 1.74 bits per heavy atom. The van der Waals surface area contributed by atoms with Crippen LogP contribution in [0.4, 0.5) is 4.39 Å². The number of piperidine rings is 1. The van der Waals surface area contributed by atoms with Crippen molar-refractivity contribution in [1.82, 2.24) is 14.7 Å². The van der Waals surface area contributed by atoms with Crippen LogP contribution in [0.1, 0.15) is 30.3 Å². The monoisotopic (exact) mass is 423 g/mol. The number of amides is 1. The number of benzene rings is 2. The Labute approximate surface area is 181 Å². The summed E-state index contributed by atoms with van der Waals surface area (Å²) in [5.41, 5.74) is 2.39. The molecule has 1 fully saturated rings. The van der Waals surface area contributed by atoms with E-state index in [-0.39, 0.29) is 11.7 Å². The molecule has 2 aromatic carbocycles. The molecule has 162 valence electrons. The van der Waals surface area contributed by atoms with E-state index >= 15 is 0 Å². The van der Waals surface area contributed by atoms with Gasteiger partial charge < -0.3 is 14.4 Å². The topological polar surface area (TPSA) is 56.6 Å². The molecule has 2 heterocycles. The van der Waals surface area contributed by atoms with Crippen LogP contribution in [-0.4, -0.2) is 47.9 Å². The molecule has 0 unspecified atom stereocenters. The van der Waals surface area contributed by atoms with E-state index in [9.17, 15) is 9.18 Å². The molecule has 31 heavy (non-hydrogen) atoms. The number of ether oxygens (including phenoxy) is 2. The maximum absolute atomic E-state index is 13.5. The van der Waals surface area contributed by atoms with E-state index in [1.165, 1.54) is 12.1 Å². The van der Waals surface area contributed by atoms with Crippen molar-refractivity contribution < 1.29 is 18.7 Å². The fourth-order valence-corrected chi connectivity index (χ4v) is 3.83. The van der Waals surface area contributed by atoms with Gasteiger partial charge in [-0.2, -0.15) is 5.10 Å². The van der Waals surface area contributed by atoms with Gasteiger partial charge in [-0.25, -0.2) is 9.07 Å². The van der Waals surface area contributed by atoms with Crippen molar-refractivity contribution in [2.75, 3.05) is 27.3 Å². The summed E-state index contributed by atoms with van der Waals surface area (Å²) in [5.74, 6) is 1.45. The molecule has 1 aliphatic heterocycles. The van der Waals surface area contributed by atoms with Gasteiger partial charge in [0.15, 0.2) is 0 Å². The molecule has 1 saturated heterocycles. The third-order valence-corrected chi connectivity index (χ3v) is 5.76. The summed E-state index contributed by atoms with van der Waals surface area (Å²) in [5, 5.41) is 4.70. The van der Waals surface area contributed by atoms with Crippen LogP contribution in [0.15, 0.2) is 48.5 Å². The van der Waals surface area contributed by atoms with Gasteiger partial charge in [0.1, 0.15) is 23.0 Å². The van der Waals surface area contributed by atoms with Gasteiger partial charge in [0.2, 0.25) is 0 Å². The summed E-state index contributed by atoms with van der Waals surface area (Å²) in [6, 6.07) is 13.2. The lowest BCUT2D eigenvalue weighted by Crippen LogP contribution is -2.38. The average molecular weight is 423 g/mol. The molecule has 3 aromatic rings. The molecule has 0 atom stereocenters. The smallest absolute Gasteiger partial charge is 0.272 e. The highest BCUT2D eigenvalue weighted by atomic mass is 19.1. The molecule has 0 radical (unpaired) electrons. The third-order valence-electron chi connectivity index (χ3n) is 5.76. The highest BCUT2D eigenvalue weighted by Gasteiger charge is 2.26. The first kappa shape index (κ1) is 20.9. The summed E-state index contributed by atoms with van der Waals surface area (Å²) in [7, 11) is 3.17. The summed E-state index contributed by atoms with van der Waals surface area (Å²) >= 11 is 0. The van der Waals surface area contributed by atoms with Gasteiger partial charge in [0.05, 0.1) is 25.6 Å². The molecule has 1 aromatic heterocycles. The van der Waals surface area contributed by atoms with Crippen LogP contribution >= 0.6 is 0 Å². The second-order valence-corrected chi connectivity index (χ2v) is 7.84. The minimum absolute atomic E-state index is 0.0811. The Hall–Kier alpha value is -3.35. The quantitative estimate of drug-likeness (QED) is 0.603. The van der Waals surface area contributed by atoms with E-state index in [0.717, 1.165) is 31.5 Å². The van der Waals surface area contributed by atoms with Crippen molar-refractivity contribution in [3.63, 3.8) is 0 Å². The summed E-state index contributed by atoms with van der Waals surface area (Å²) in [6.45, 7) is 3.64. The number of methoxy groups -OCH3 is 2. The predicted molar refractivity (Wildman–Crippen MR) is 116 cm³/mol. The van der Waals surface area contributed by atoms with Crippen LogP contribution in [-0.2, 0) is 0 Å². The van der Waals surface area contributed by atoms with Crippen molar-refractivity contribution >= 4 is 5.91 Å². The first-order chi connectivity index (χ1) is 15.0. The zero-order chi connectivity index (χ0) is 22.0. The highest BCUT2D eigenvalue weighted by Crippen LogP contribution is 2.34. The van der Waals surface area contributed by atoms with Crippen molar-refractivity contribution in [2.45, 2.75) is 19.8 Å². The first-order valence-corrected chi connectivity index (χ1v) is 10.4. The zero-order valence-corrected chi connectivity index (χ0v) is 18.0. The Kier molecular flexibility index (Phi) is 5.93. The van der Waals surface area contributed by atoms with Crippen molar-refractivity contribution in [1.29, 1.82) is 0 Å². The molecule has 0 saturated carbocycles. The number of likely N-dealkylation sites (tertiary alicyclic amines) is 1. The molecular formula is C24H26FN3O3. The first-order valence-electron chi connectivity index (χ1n) is 10.4. The van der Waals surface area contributed by atoms with E-state index in [0.29, 0.717) is 34.5 Å². The van der Waals surface area contributed by atoms with Crippen molar-refractivity contribution in [2.24, 2.45) is 5.92 Å². The second-order valence-electron chi connectivity index (χ2n) is 7.84. The minimum atomic E-state index is -0.342. The molecule has 6 nitrogen and oxygen atoms in total. The van der Waals surface area contributed by atoms with E-state index in [1.54, 1.807) is 43.2 Å². The van der Waals surface area contributed by atoms with Gasteiger partial charge in [-0.05, 0) is 61.2 Å². The number of nitrogens with zero attached hydrogens (tertiary/aromatic N) is 3. The van der Waals surface area contributed by atoms with Crippen molar-refractivity contribution in [3.8, 4) is 28.4 Å². The number of carbonyl (C=O) groups is 1. The maximum Gasteiger partial charge on any atom is 0.272 e. The van der Waals surface area contributed by atoms with E-state index in [2.05, 4.69) is 6.92 Å². The number of hydrogen-bond acceptors (Lipinski definition) is 4. The number of halogens is 1. The Bertz CT molecular complexity index is 1070. The van der Waals surface area contributed by atoms with Crippen molar-refractivity contribution in [3.05, 3.63) is 60.0 Å². The normalized spacial score (nSPS) is 14.5. The number of hydrogen-bond donors (Lipinski definition) is 0. The van der Waals surface area contributed by atoms with Crippen LogP contribution < -0.4 is 9.47 Å². The van der Waals surface area contributed by atoms with Gasteiger partial charge >= 0.3 is 0 Å². The van der Waals surface area contributed by atoms with Crippen LogP contribution in [0, 0.1) is 11.7 Å². The maximum atomic E-state index is 13.5. The Balaban J connectivity index is 1.79. The SMILES string of the molecule is COc1ccc(-c2cc(C(=O)N3CCC(C)CC3)n(-c3ccc(F)cc3)n2)c(OC)c1. The molecule has 0 aliphatic carbocycles. The molecule has 1 aliphatic rings. The molecule has 0 bridgehead atoms. The standard InChI is InChI=1S/C24H26FN3O3/c1-16-10-12-27(13-11-16)24(29)22-15-21(20-9-8-19(30-2)14-23(20)31-3)26-28(22)18-6-4-17(25)5-7-18/h4-9,14-16H,10-13H2,1-3H3. The van der Waals surface area contributed by atoms with Gasteiger partial charge in [0.25, 0.3) is 5.91 Å². The molecule has 7 heteroatoms. The van der Waals surface area contributed by atoms with E-state index in [4.69, 9.17) is 14.6 Å². The minimum Gasteiger partial charge on any atom is -0.497 e. The fourth-order valence-electron chi connectivity index (χ4n) is 3.83. The summed E-state index contributed by atoms with van der Waals surface area (Å²) < 4.78 is 25.9. The van der Waals surface area contributed by atoms with E-state index < -0.39 is 0 Å². The molecule has 4 rings (SSSR count). The molecule has 1 amide bonds.